The van der Waals surface area contributed by atoms with Gasteiger partial charge in [0.2, 0.25) is 22.6 Å². The zero-order valence-electron chi connectivity index (χ0n) is 27.0. The monoisotopic (exact) mass is 728 g/mol. The number of hydrogen-bond acceptors (Lipinski definition) is 11. The van der Waals surface area contributed by atoms with Crippen molar-refractivity contribution in [2.45, 2.75) is 42.3 Å². The summed E-state index contributed by atoms with van der Waals surface area (Å²) >= 11 is 8.80. The third kappa shape index (κ3) is 6.03. The van der Waals surface area contributed by atoms with Crippen molar-refractivity contribution >= 4 is 63.5 Å². The number of unbranched alkanes of at least 4 members (excludes halogenated alkanes) is 2. The second-order valence-corrected chi connectivity index (χ2v) is 14.2. The molecule has 5 aliphatic heterocycles. The van der Waals surface area contributed by atoms with Gasteiger partial charge in [0.05, 0.1) is 11.3 Å². The fraction of sp³-hybridized carbons (Fsp3) is 0.278. The van der Waals surface area contributed by atoms with Crippen LogP contribution in [0.5, 0.6) is 0 Å². The van der Waals surface area contributed by atoms with Crippen LogP contribution in [0.2, 0.25) is 0 Å². The van der Waals surface area contributed by atoms with Gasteiger partial charge in [-0.05, 0) is 28.7 Å². The van der Waals surface area contributed by atoms with Crippen LogP contribution in [0.4, 0.5) is 5.13 Å². The maximum atomic E-state index is 13.6. The van der Waals surface area contributed by atoms with E-state index in [9.17, 15) is 14.4 Å². The number of thioether (sulfide) groups is 1. The second kappa shape index (κ2) is 14.6. The zero-order chi connectivity index (χ0) is 34.7. The van der Waals surface area contributed by atoms with Crippen molar-refractivity contribution in [1.29, 1.82) is 0 Å². The van der Waals surface area contributed by atoms with Crippen LogP contribution < -0.4 is 10.8 Å². The van der Waals surface area contributed by atoms with E-state index in [0.29, 0.717) is 10.7 Å². The molecule has 9 rings (SSSR count). The standard InChI is InChI=1S/C36H33ClN6O5S2/c1-2-3-13-20-47-40-27(31(44)41-48-34(46)28-25(21-37)29-26-32(45)43(28)33(26)49-29)30-38-35(50-42-30)39-36(22-14-7-4-8-15-22,23-16-9-5-10-17-23)24-18-11-6-12-19-24/h4-12,14-19,26,29,33H,2-3,13,20-21H2,1H3,(H,41,44)(H,38,39,42)/t26-,29?,33+/m0/s1. The lowest BCUT2D eigenvalue weighted by atomic mass is 9.77. The van der Waals surface area contributed by atoms with Gasteiger partial charge in [-0.3, -0.25) is 14.5 Å². The number of carbonyl (C=O) groups excluding carboxylic acids is 3. The van der Waals surface area contributed by atoms with E-state index in [1.54, 1.807) is 11.8 Å². The number of alkyl halides is 1. The molecule has 1 unspecified atom stereocenters. The molecule has 1 aromatic heterocycles. The summed E-state index contributed by atoms with van der Waals surface area (Å²) in [4.78, 5) is 56.2. The van der Waals surface area contributed by atoms with Crippen molar-refractivity contribution in [3.05, 3.63) is 125 Å². The SMILES string of the molecule is CCCCCON=C(C(=O)NOC(=O)C1=C(CCl)C2S[C@@H]3[C@@H]2C(=O)N13)c1nsc(NC(c2ccccc2)(c2ccccc2)c2ccccc2)n1. The minimum atomic E-state index is -0.894. The first-order chi connectivity index (χ1) is 24.5. The molecule has 5 aliphatic rings. The number of nitrogens with one attached hydrogen (secondary N) is 2. The van der Waals surface area contributed by atoms with Crippen LogP contribution in [0.1, 0.15) is 48.7 Å². The highest BCUT2D eigenvalue weighted by Gasteiger charge is 2.68. The number of oxime groups is 1. The smallest absolute Gasteiger partial charge is 0.379 e. The van der Waals surface area contributed by atoms with Gasteiger partial charge in [-0.25, -0.2) is 4.79 Å². The fourth-order valence-corrected chi connectivity index (χ4v) is 9.07. The van der Waals surface area contributed by atoms with Gasteiger partial charge in [0.15, 0.2) is 0 Å². The summed E-state index contributed by atoms with van der Waals surface area (Å²) in [5, 5.41) is 7.88. The first-order valence-corrected chi connectivity index (χ1v) is 18.5. The number of β-lactam (4-membered cyclic amide) rings is 1. The van der Waals surface area contributed by atoms with Gasteiger partial charge in [0.25, 0.3) is 0 Å². The maximum absolute atomic E-state index is 13.6. The Balaban J connectivity index is 1.17. The van der Waals surface area contributed by atoms with E-state index in [4.69, 9.17) is 26.3 Å². The summed E-state index contributed by atoms with van der Waals surface area (Å²) in [6.45, 7) is 2.33. The third-order valence-corrected chi connectivity index (χ3v) is 11.5. The summed E-state index contributed by atoms with van der Waals surface area (Å²) < 4.78 is 4.48. The van der Waals surface area contributed by atoms with E-state index in [0.717, 1.165) is 47.5 Å². The van der Waals surface area contributed by atoms with Gasteiger partial charge in [-0.15, -0.1) is 23.4 Å². The lowest BCUT2D eigenvalue weighted by Gasteiger charge is -2.62. The van der Waals surface area contributed by atoms with Gasteiger partial charge in [-0.2, -0.15) is 14.8 Å². The Morgan fingerprint density at radius 1 is 0.960 bits per heavy atom. The molecule has 50 heavy (non-hydrogen) atoms. The number of anilines is 1. The van der Waals surface area contributed by atoms with E-state index in [1.165, 1.54) is 4.90 Å². The molecule has 2 N–H and O–H groups in total. The first kappa shape index (κ1) is 33.8. The maximum Gasteiger partial charge on any atom is 0.379 e. The normalized spacial score (nSPS) is 19.3. The van der Waals surface area contributed by atoms with Crippen LogP contribution in [0.15, 0.2) is 107 Å². The van der Waals surface area contributed by atoms with E-state index in [1.807, 2.05) is 91.0 Å². The number of benzene rings is 3. The minimum absolute atomic E-state index is 0.0265. The van der Waals surface area contributed by atoms with Crippen molar-refractivity contribution in [3.8, 4) is 0 Å². The molecule has 0 saturated carbocycles. The molecule has 3 atom stereocenters. The molecule has 0 aliphatic carbocycles. The van der Waals surface area contributed by atoms with Gasteiger partial charge in [-0.1, -0.05) is 116 Å². The average molecular weight is 729 g/mol. The summed E-state index contributed by atoms with van der Waals surface area (Å²) in [6.07, 6.45) is 2.63. The number of halogens is 1. The molecule has 2 amide bonds. The Morgan fingerprint density at radius 2 is 1.58 bits per heavy atom. The van der Waals surface area contributed by atoms with Crippen molar-refractivity contribution in [2.75, 3.05) is 17.8 Å². The molecular weight excluding hydrogens is 696 g/mol. The minimum Gasteiger partial charge on any atom is -0.395 e. The lowest BCUT2D eigenvalue weighted by Crippen LogP contribution is -2.73. The van der Waals surface area contributed by atoms with Gasteiger partial charge in [0.1, 0.15) is 17.8 Å². The Hall–Kier alpha value is -4.72. The Labute approximate surface area is 302 Å². The highest BCUT2D eigenvalue weighted by molar-refractivity contribution is 8.02. The molecular formula is C36H33ClN6O5S2. The van der Waals surface area contributed by atoms with Gasteiger partial charge < -0.3 is 15.0 Å². The molecule has 256 valence electrons. The van der Waals surface area contributed by atoms with Crippen molar-refractivity contribution < 1.29 is 24.1 Å². The molecule has 0 spiro atoms. The van der Waals surface area contributed by atoms with Crippen LogP contribution >= 0.6 is 34.9 Å². The topological polar surface area (TPSA) is 135 Å². The summed E-state index contributed by atoms with van der Waals surface area (Å²) in [6, 6.07) is 30.0. The summed E-state index contributed by atoms with van der Waals surface area (Å²) in [5.41, 5.74) is 4.59. The zero-order valence-corrected chi connectivity index (χ0v) is 29.3. The van der Waals surface area contributed by atoms with E-state index in [2.05, 4.69) is 27.2 Å². The highest BCUT2D eigenvalue weighted by Crippen LogP contribution is 2.61. The number of rotatable bonds is 14. The summed E-state index contributed by atoms with van der Waals surface area (Å²) in [5.74, 6) is -2.03. The highest BCUT2D eigenvalue weighted by atomic mass is 35.5. The van der Waals surface area contributed by atoms with E-state index < -0.39 is 17.4 Å². The average Bonchev–Trinajstić information content (AvgIpc) is 3.62. The number of carbonyl (C=O) groups is 3. The second-order valence-electron chi connectivity index (χ2n) is 11.9. The Kier molecular flexibility index (Phi) is 9.88. The lowest BCUT2D eigenvalue weighted by molar-refractivity contribution is -0.162. The van der Waals surface area contributed by atoms with Gasteiger partial charge >= 0.3 is 11.9 Å². The molecule has 2 fully saturated rings. The molecule has 0 radical (unpaired) electrons. The molecule has 11 nitrogen and oxygen atoms in total. The number of nitrogens with zero attached hydrogens (tertiary/aromatic N) is 4. The Morgan fingerprint density at radius 3 is 2.14 bits per heavy atom. The van der Waals surface area contributed by atoms with Crippen LogP contribution in [-0.4, -0.2) is 60.9 Å². The van der Waals surface area contributed by atoms with Crippen LogP contribution in [-0.2, 0) is 29.6 Å². The number of amides is 2. The van der Waals surface area contributed by atoms with Crippen molar-refractivity contribution in [3.63, 3.8) is 0 Å². The van der Waals surface area contributed by atoms with Crippen molar-refractivity contribution in [1.82, 2.24) is 19.7 Å². The fourth-order valence-electron chi connectivity index (χ4n) is 6.46. The summed E-state index contributed by atoms with van der Waals surface area (Å²) in [7, 11) is 0. The van der Waals surface area contributed by atoms with E-state index in [-0.39, 0.29) is 52.2 Å². The van der Waals surface area contributed by atoms with Crippen LogP contribution in [0, 0.1) is 5.92 Å². The number of hydroxylamine groups is 1. The predicted octanol–water partition coefficient (Wildman–Crippen LogP) is 5.83. The van der Waals surface area contributed by atoms with Gasteiger partial charge in [0, 0.05) is 22.7 Å². The number of hydrogen-bond donors (Lipinski definition) is 2. The predicted molar refractivity (Wildman–Crippen MR) is 192 cm³/mol. The third-order valence-electron chi connectivity index (χ3n) is 8.92. The molecule has 2 saturated heterocycles. The first-order valence-electron chi connectivity index (χ1n) is 16.3. The van der Waals surface area contributed by atoms with Crippen molar-refractivity contribution in [2.24, 2.45) is 11.1 Å². The van der Waals surface area contributed by atoms with E-state index >= 15 is 0 Å². The largest absolute Gasteiger partial charge is 0.395 e. The van der Waals surface area contributed by atoms with Crippen LogP contribution in [0.3, 0.4) is 0 Å². The van der Waals surface area contributed by atoms with Crippen LogP contribution in [0.25, 0.3) is 0 Å². The Bertz CT molecular complexity index is 1850. The quantitative estimate of drug-likeness (QED) is 0.0411. The molecule has 14 heteroatoms. The molecule has 6 heterocycles. The molecule has 4 aromatic rings. The molecule has 3 aromatic carbocycles. The molecule has 4 bridgehead atoms. The number of aromatic nitrogens is 2.